The predicted octanol–water partition coefficient (Wildman–Crippen LogP) is 1.99. The first-order valence-corrected chi connectivity index (χ1v) is 6.33. The second kappa shape index (κ2) is 4.96. The van der Waals surface area contributed by atoms with E-state index in [2.05, 4.69) is 12.0 Å². The highest BCUT2D eigenvalue weighted by molar-refractivity contribution is 6.31. The molecule has 1 aromatic heterocycles. The number of hydrogen-bond acceptors (Lipinski definition) is 3. The number of methoxy groups -OCH3 is 1. The second-order valence-electron chi connectivity index (χ2n) is 5.01. The highest BCUT2D eigenvalue weighted by Crippen LogP contribution is 2.43. The Morgan fingerprint density at radius 3 is 3.06 bits per heavy atom. The van der Waals surface area contributed by atoms with Gasteiger partial charge in [0.05, 0.1) is 36.2 Å². The Kier molecular flexibility index (Phi) is 3.76. The lowest BCUT2D eigenvalue weighted by Gasteiger charge is -2.25. The molecule has 2 rings (SSSR count). The van der Waals surface area contributed by atoms with E-state index >= 15 is 0 Å². The summed E-state index contributed by atoms with van der Waals surface area (Å²) in [5.74, 6) is 0. The van der Waals surface area contributed by atoms with Crippen LogP contribution in [0.15, 0.2) is 6.20 Å². The maximum atomic E-state index is 9.72. The number of nitrogens with zero attached hydrogens (tertiary/aromatic N) is 2. The summed E-state index contributed by atoms with van der Waals surface area (Å²) in [4.78, 5) is 0. The molecule has 2 unspecified atom stereocenters. The highest BCUT2D eigenvalue weighted by atomic mass is 35.5. The fourth-order valence-corrected chi connectivity index (χ4v) is 3.10. The van der Waals surface area contributed by atoms with Crippen molar-refractivity contribution in [3.8, 4) is 0 Å². The summed E-state index contributed by atoms with van der Waals surface area (Å²) in [6, 6.07) is 0. The molecule has 17 heavy (non-hydrogen) atoms. The van der Waals surface area contributed by atoms with Crippen LogP contribution in [0.4, 0.5) is 0 Å². The average molecular weight is 259 g/mol. The number of aliphatic hydroxyl groups is 1. The van der Waals surface area contributed by atoms with Gasteiger partial charge in [-0.1, -0.05) is 18.5 Å². The molecule has 0 radical (unpaired) electrons. The summed E-state index contributed by atoms with van der Waals surface area (Å²) < 4.78 is 6.98. The van der Waals surface area contributed by atoms with Crippen LogP contribution in [0, 0.1) is 0 Å². The van der Waals surface area contributed by atoms with Crippen molar-refractivity contribution in [2.24, 2.45) is 0 Å². The van der Waals surface area contributed by atoms with Gasteiger partial charge in [0.15, 0.2) is 0 Å². The molecule has 4 nitrogen and oxygen atoms in total. The monoisotopic (exact) mass is 258 g/mol. The molecule has 0 saturated heterocycles. The summed E-state index contributed by atoms with van der Waals surface area (Å²) in [6.07, 6.45) is 4.00. The van der Waals surface area contributed by atoms with Gasteiger partial charge >= 0.3 is 0 Å². The summed E-state index contributed by atoms with van der Waals surface area (Å²) in [5.41, 5.74) is 0.966. The molecule has 0 amide bonds. The molecule has 5 heteroatoms. The normalized spacial score (nSPS) is 28.8. The van der Waals surface area contributed by atoms with Crippen molar-refractivity contribution in [2.75, 3.05) is 13.7 Å². The van der Waals surface area contributed by atoms with Crippen LogP contribution in [0.25, 0.3) is 0 Å². The molecule has 1 fully saturated rings. The molecule has 1 heterocycles. The number of aliphatic hydroxyl groups excluding tert-OH is 1. The molecule has 0 aliphatic heterocycles. The summed E-state index contributed by atoms with van der Waals surface area (Å²) in [7, 11) is 1.67. The van der Waals surface area contributed by atoms with Crippen LogP contribution >= 0.6 is 11.6 Å². The molecule has 1 N–H and O–H groups in total. The van der Waals surface area contributed by atoms with Crippen LogP contribution in [0.5, 0.6) is 0 Å². The smallest absolute Gasteiger partial charge is 0.0823 e. The molecular formula is C12H19ClN2O2. The minimum atomic E-state index is -0.221. The Morgan fingerprint density at radius 2 is 2.47 bits per heavy atom. The molecule has 1 aromatic rings. The number of hydrogen-bond donors (Lipinski definition) is 1. The van der Waals surface area contributed by atoms with Gasteiger partial charge < -0.3 is 9.84 Å². The molecule has 1 aliphatic carbocycles. The van der Waals surface area contributed by atoms with E-state index in [9.17, 15) is 5.11 Å². The Morgan fingerprint density at radius 1 is 1.71 bits per heavy atom. The Bertz CT molecular complexity index is 394. The van der Waals surface area contributed by atoms with E-state index in [1.807, 2.05) is 4.68 Å². The van der Waals surface area contributed by atoms with Crippen LogP contribution in [0.1, 0.15) is 31.9 Å². The van der Waals surface area contributed by atoms with E-state index < -0.39 is 0 Å². The van der Waals surface area contributed by atoms with Crippen molar-refractivity contribution in [1.82, 2.24) is 9.78 Å². The highest BCUT2D eigenvalue weighted by Gasteiger charge is 2.39. The fraction of sp³-hybridized carbons (Fsp3) is 0.750. The molecule has 1 aliphatic rings. The fourth-order valence-electron chi connectivity index (χ4n) is 2.73. The lowest BCUT2D eigenvalue weighted by molar-refractivity contribution is 0.170. The van der Waals surface area contributed by atoms with Gasteiger partial charge in [0, 0.05) is 12.5 Å². The van der Waals surface area contributed by atoms with Crippen LogP contribution in [-0.2, 0) is 16.7 Å². The lowest BCUT2D eigenvalue weighted by atomic mass is 9.85. The standard InChI is InChI=1S/C12H19ClN2O2/c1-12(4-3-9(16)7-12)11-10(13)8-14-15(11)5-6-17-2/h8-9,16H,3-7H2,1-2H3. The van der Waals surface area contributed by atoms with Crippen molar-refractivity contribution in [3.05, 3.63) is 16.9 Å². The van der Waals surface area contributed by atoms with Gasteiger partial charge in [0.2, 0.25) is 0 Å². The number of halogens is 1. The minimum Gasteiger partial charge on any atom is -0.393 e. The van der Waals surface area contributed by atoms with Crippen molar-refractivity contribution < 1.29 is 9.84 Å². The van der Waals surface area contributed by atoms with Gasteiger partial charge in [-0.25, -0.2) is 0 Å². The zero-order valence-electron chi connectivity index (χ0n) is 10.3. The van der Waals surface area contributed by atoms with Crippen LogP contribution in [-0.4, -0.2) is 34.7 Å². The topological polar surface area (TPSA) is 47.3 Å². The first kappa shape index (κ1) is 12.9. The van der Waals surface area contributed by atoms with Gasteiger partial charge in [-0.05, 0) is 19.3 Å². The number of ether oxygens (including phenoxy) is 1. The maximum absolute atomic E-state index is 9.72. The first-order valence-electron chi connectivity index (χ1n) is 5.95. The average Bonchev–Trinajstić information content (AvgIpc) is 2.80. The zero-order chi connectivity index (χ0) is 12.5. The van der Waals surface area contributed by atoms with Crippen LogP contribution in [0.2, 0.25) is 5.02 Å². The van der Waals surface area contributed by atoms with E-state index in [-0.39, 0.29) is 11.5 Å². The van der Waals surface area contributed by atoms with E-state index in [4.69, 9.17) is 16.3 Å². The molecule has 0 bridgehead atoms. The van der Waals surface area contributed by atoms with Gasteiger partial charge in [-0.3, -0.25) is 4.68 Å². The lowest BCUT2D eigenvalue weighted by Crippen LogP contribution is -2.25. The third-order valence-corrected chi connectivity index (χ3v) is 3.87. The minimum absolute atomic E-state index is 0.0687. The SMILES string of the molecule is COCCn1ncc(Cl)c1C1(C)CCC(O)C1. The van der Waals surface area contributed by atoms with Crippen molar-refractivity contribution >= 4 is 11.6 Å². The van der Waals surface area contributed by atoms with Gasteiger partial charge in [-0.2, -0.15) is 5.10 Å². The summed E-state index contributed by atoms with van der Waals surface area (Å²) >= 11 is 6.24. The van der Waals surface area contributed by atoms with Crippen molar-refractivity contribution in [1.29, 1.82) is 0 Å². The van der Waals surface area contributed by atoms with Gasteiger partial charge in [-0.15, -0.1) is 0 Å². The van der Waals surface area contributed by atoms with E-state index in [0.717, 1.165) is 25.0 Å². The molecule has 0 spiro atoms. The third kappa shape index (κ3) is 2.49. The summed E-state index contributed by atoms with van der Waals surface area (Å²) in [6.45, 7) is 3.46. The quantitative estimate of drug-likeness (QED) is 0.899. The second-order valence-corrected chi connectivity index (χ2v) is 5.42. The van der Waals surface area contributed by atoms with Crippen molar-refractivity contribution in [2.45, 2.75) is 44.2 Å². The van der Waals surface area contributed by atoms with Crippen LogP contribution < -0.4 is 0 Å². The van der Waals surface area contributed by atoms with E-state index in [1.54, 1.807) is 13.3 Å². The molecule has 1 saturated carbocycles. The Hall–Kier alpha value is -0.580. The number of rotatable bonds is 4. The van der Waals surface area contributed by atoms with E-state index in [0.29, 0.717) is 18.2 Å². The van der Waals surface area contributed by atoms with Gasteiger partial charge in [0.1, 0.15) is 0 Å². The Labute approximate surface area is 107 Å². The first-order chi connectivity index (χ1) is 8.07. The van der Waals surface area contributed by atoms with Crippen molar-refractivity contribution in [3.63, 3.8) is 0 Å². The largest absolute Gasteiger partial charge is 0.393 e. The molecule has 96 valence electrons. The molecular weight excluding hydrogens is 240 g/mol. The van der Waals surface area contributed by atoms with E-state index in [1.165, 1.54) is 0 Å². The Balaban J connectivity index is 2.27. The van der Waals surface area contributed by atoms with Crippen LogP contribution in [0.3, 0.4) is 0 Å². The molecule has 0 aromatic carbocycles. The zero-order valence-corrected chi connectivity index (χ0v) is 11.1. The molecule has 2 atom stereocenters. The maximum Gasteiger partial charge on any atom is 0.0823 e. The number of aromatic nitrogens is 2. The third-order valence-electron chi connectivity index (χ3n) is 3.59. The van der Waals surface area contributed by atoms with Gasteiger partial charge in [0.25, 0.3) is 0 Å². The summed E-state index contributed by atoms with van der Waals surface area (Å²) in [5, 5.41) is 14.7. The predicted molar refractivity (Wildman–Crippen MR) is 66.3 cm³/mol.